The zero-order valence-corrected chi connectivity index (χ0v) is 11.4. The Hall–Kier alpha value is -2.64. The van der Waals surface area contributed by atoms with Crippen LogP contribution in [0.25, 0.3) is 11.4 Å². The fourth-order valence-corrected chi connectivity index (χ4v) is 1.62. The number of halogens is 3. The summed E-state index contributed by atoms with van der Waals surface area (Å²) in [5, 5.41) is 0. The van der Waals surface area contributed by atoms with Crippen molar-refractivity contribution >= 4 is 5.97 Å². The van der Waals surface area contributed by atoms with Gasteiger partial charge in [-0.2, -0.15) is 0 Å². The number of hydrogen-bond donors (Lipinski definition) is 0. The van der Waals surface area contributed by atoms with Crippen LogP contribution in [0.5, 0.6) is 5.75 Å². The maximum absolute atomic E-state index is 12.1. The summed E-state index contributed by atoms with van der Waals surface area (Å²) >= 11 is 0. The van der Waals surface area contributed by atoms with Gasteiger partial charge in [0.1, 0.15) is 5.75 Å². The molecule has 0 atom stereocenters. The first-order valence-electron chi connectivity index (χ1n) is 6.25. The molecule has 0 N–H and O–H groups in total. The number of ether oxygens (including phenoxy) is 2. The van der Waals surface area contributed by atoms with Gasteiger partial charge in [0.05, 0.1) is 6.61 Å². The molecule has 0 aliphatic carbocycles. The highest BCUT2D eigenvalue weighted by molar-refractivity contribution is 5.87. The predicted molar refractivity (Wildman–Crippen MR) is 70.1 cm³/mol. The lowest BCUT2D eigenvalue weighted by Gasteiger charge is -2.09. The van der Waals surface area contributed by atoms with E-state index in [2.05, 4.69) is 14.7 Å². The molecule has 1 heterocycles. The molecule has 0 bridgehead atoms. The summed E-state index contributed by atoms with van der Waals surface area (Å²) in [5.74, 6) is -0.745. The Balaban J connectivity index is 2.21. The van der Waals surface area contributed by atoms with E-state index in [0.29, 0.717) is 5.56 Å². The number of carbonyl (C=O) groups is 1. The van der Waals surface area contributed by atoms with Crippen molar-refractivity contribution in [1.29, 1.82) is 0 Å². The van der Waals surface area contributed by atoms with Gasteiger partial charge in [0.15, 0.2) is 11.5 Å². The van der Waals surface area contributed by atoms with Gasteiger partial charge in [0.2, 0.25) is 0 Å². The van der Waals surface area contributed by atoms with E-state index in [1.165, 1.54) is 24.4 Å². The molecular weight excluding hydrogens is 301 g/mol. The average molecular weight is 312 g/mol. The number of carbonyl (C=O) groups excluding carboxylic acids is 1. The van der Waals surface area contributed by atoms with E-state index in [0.717, 1.165) is 12.1 Å². The third-order valence-electron chi connectivity index (χ3n) is 2.49. The summed E-state index contributed by atoms with van der Waals surface area (Å²) < 4.78 is 44.8. The molecule has 0 fully saturated rings. The van der Waals surface area contributed by atoms with Gasteiger partial charge in [0, 0.05) is 11.8 Å². The summed E-state index contributed by atoms with van der Waals surface area (Å²) in [5.41, 5.74) is 0.517. The second kappa shape index (κ2) is 6.42. The molecule has 8 heteroatoms. The quantitative estimate of drug-likeness (QED) is 0.811. The van der Waals surface area contributed by atoms with Crippen molar-refractivity contribution in [3.8, 4) is 17.1 Å². The largest absolute Gasteiger partial charge is 0.573 e. The van der Waals surface area contributed by atoms with Gasteiger partial charge in [-0.05, 0) is 37.3 Å². The molecule has 0 unspecified atom stereocenters. The van der Waals surface area contributed by atoms with Crippen LogP contribution in [0.15, 0.2) is 36.5 Å². The Bertz CT molecular complexity index is 657. The minimum Gasteiger partial charge on any atom is -0.461 e. The zero-order chi connectivity index (χ0) is 16.2. The fourth-order valence-electron chi connectivity index (χ4n) is 1.62. The number of nitrogens with zero attached hydrogens (tertiary/aromatic N) is 2. The van der Waals surface area contributed by atoms with Crippen molar-refractivity contribution in [2.24, 2.45) is 0 Å². The van der Waals surface area contributed by atoms with E-state index in [1.54, 1.807) is 6.92 Å². The summed E-state index contributed by atoms with van der Waals surface area (Å²) in [7, 11) is 0. The first-order chi connectivity index (χ1) is 10.4. The lowest BCUT2D eigenvalue weighted by atomic mass is 10.2. The van der Waals surface area contributed by atoms with Gasteiger partial charge >= 0.3 is 12.3 Å². The van der Waals surface area contributed by atoms with Crippen molar-refractivity contribution in [3.05, 3.63) is 42.2 Å². The van der Waals surface area contributed by atoms with E-state index in [4.69, 9.17) is 4.74 Å². The van der Waals surface area contributed by atoms with Crippen LogP contribution < -0.4 is 4.74 Å². The summed E-state index contributed by atoms with van der Waals surface area (Å²) in [6, 6.07) is 6.41. The van der Waals surface area contributed by atoms with Crippen LogP contribution in [0.2, 0.25) is 0 Å². The topological polar surface area (TPSA) is 61.3 Å². The van der Waals surface area contributed by atoms with Crippen LogP contribution in [0, 0.1) is 0 Å². The third-order valence-corrected chi connectivity index (χ3v) is 2.49. The standard InChI is InChI=1S/C14H11F3N2O3/c1-2-21-13(20)11-7-8-18-12(19-11)9-3-5-10(6-4-9)22-14(15,16)17/h3-8H,2H2,1H3. The SMILES string of the molecule is CCOC(=O)c1ccnc(-c2ccc(OC(F)(F)F)cc2)n1. The third kappa shape index (κ3) is 4.18. The maximum atomic E-state index is 12.1. The number of benzene rings is 1. The molecule has 0 spiro atoms. The molecular formula is C14H11F3N2O3. The van der Waals surface area contributed by atoms with E-state index >= 15 is 0 Å². The molecule has 0 saturated carbocycles. The van der Waals surface area contributed by atoms with E-state index in [-0.39, 0.29) is 23.9 Å². The maximum Gasteiger partial charge on any atom is 0.573 e. The molecule has 0 aliphatic rings. The zero-order valence-electron chi connectivity index (χ0n) is 11.4. The van der Waals surface area contributed by atoms with Gasteiger partial charge in [-0.25, -0.2) is 14.8 Å². The second-order valence-electron chi connectivity index (χ2n) is 4.06. The average Bonchev–Trinajstić information content (AvgIpc) is 2.47. The van der Waals surface area contributed by atoms with Gasteiger partial charge in [-0.3, -0.25) is 0 Å². The molecule has 2 rings (SSSR count). The van der Waals surface area contributed by atoms with Crippen molar-refractivity contribution in [2.75, 3.05) is 6.61 Å². The normalized spacial score (nSPS) is 11.1. The Morgan fingerprint density at radius 3 is 2.45 bits per heavy atom. The predicted octanol–water partition coefficient (Wildman–Crippen LogP) is 3.22. The summed E-state index contributed by atoms with van der Waals surface area (Å²) in [6.45, 7) is 1.88. The first kappa shape index (κ1) is 15.7. The molecule has 2 aromatic rings. The highest BCUT2D eigenvalue weighted by atomic mass is 19.4. The fraction of sp³-hybridized carbons (Fsp3) is 0.214. The molecule has 0 saturated heterocycles. The molecule has 116 valence electrons. The smallest absolute Gasteiger partial charge is 0.461 e. The van der Waals surface area contributed by atoms with Crippen LogP contribution in [-0.2, 0) is 4.74 Å². The molecule has 5 nitrogen and oxygen atoms in total. The number of alkyl halides is 3. The second-order valence-corrected chi connectivity index (χ2v) is 4.06. The van der Waals surface area contributed by atoms with E-state index < -0.39 is 12.3 Å². The van der Waals surface area contributed by atoms with Gasteiger partial charge in [-0.15, -0.1) is 13.2 Å². The van der Waals surface area contributed by atoms with Crippen molar-refractivity contribution < 1.29 is 27.4 Å². The Labute approximate surface area is 123 Å². The lowest BCUT2D eigenvalue weighted by Crippen LogP contribution is -2.16. The highest BCUT2D eigenvalue weighted by Crippen LogP contribution is 2.25. The van der Waals surface area contributed by atoms with E-state index in [1.807, 2.05) is 0 Å². The molecule has 0 radical (unpaired) electrons. The number of esters is 1. The van der Waals surface area contributed by atoms with Crippen LogP contribution >= 0.6 is 0 Å². The van der Waals surface area contributed by atoms with Crippen molar-refractivity contribution in [3.63, 3.8) is 0 Å². The van der Waals surface area contributed by atoms with Crippen LogP contribution in [0.3, 0.4) is 0 Å². The highest BCUT2D eigenvalue weighted by Gasteiger charge is 2.31. The first-order valence-corrected chi connectivity index (χ1v) is 6.25. The monoisotopic (exact) mass is 312 g/mol. The molecule has 22 heavy (non-hydrogen) atoms. The number of aromatic nitrogens is 2. The Morgan fingerprint density at radius 2 is 1.86 bits per heavy atom. The Kier molecular flexibility index (Phi) is 4.59. The molecule has 0 aliphatic heterocycles. The van der Waals surface area contributed by atoms with Crippen LogP contribution in [0.4, 0.5) is 13.2 Å². The molecule has 0 amide bonds. The van der Waals surface area contributed by atoms with Gasteiger partial charge < -0.3 is 9.47 Å². The summed E-state index contributed by atoms with van der Waals surface area (Å²) in [4.78, 5) is 19.6. The van der Waals surface area contributed by atoms with Crippen LogP contribution in [-0.4, -0.2) is 28.9 Å². The minimum absolute atomic E-state index is 0.0717. The van der Waals surface area contributed by atoms with Crippen molar-refractivity contribution in [1.82, 2.24) is 9.97 Å². The lowest BCUT2D eigenvalue weighted by molar-refractivity contribution is -0.274. The molecule has 1 aromatic heterocycles. The number of rotatable bonds is 4. The Morgan fingerprint density at radius 1 is 1.18 bits per heavy atom. The van der Waals surface area contributed by atoms with E-state index in [9.17, 15) is 18.0 Å². The van der Waals surface area contributed by atoms with Gasteiger partial charge in [0.25, 0.3) is 0 Å². The van der Waals surface area contributed by atoms with Crippen molar-refractivity contribution in [2.45, 2.75) is 13.3 Å². The van der Waals surface area contributed by atoms with Crippen LogP contribution in [0.1, 0.15) is 17.4 Å². The molecule has 1 aromatic carbocycles. The summed E-state index contributed by atoms with van der Waals surface area (Å²) in [6.07, 6.45) is -3.38. The van der Waals surface area contributed by atoms with Gasteiger partial charge in [-0.1, -0.05) is 0 Å². The number of hydrogen-bond acceptors (Lipinski definition) is 5. The minimum atomic E-state index is -4.75.